The van der Waals surface area contributed by atoms with Crippen LogP contribution in [0.4, 0.5) is 10.1 Å². The Labute approximate surface area is 213 Å². The summed E-state index contributed by atoms with van der Waals surface area (Å²) in [6, 6.07) is 11.7. The van der Waals surface area contributed by atoms with Crippen LogP contribution < -0.4 is 15.2 Å². The second-order valence-corrected chi connectivity index (χ2v) is 9.83. The van der Waals surface area contributed by atoms with E-state index in [-0.39, 0.29) is 23.5 Å². The van der Waals surface area contributed by atoms with Gasteiger partial charge in [-0.15, -0.1) is 5.10 Å². The molecule has 0 spiro atoms. The number of H-pyrrole nitrogens is 1. The Kier molecular flexibility index (Phi) is 6.11. The van der Waals surface area contributed by atoms with Gasteiger partial charge < -0.3 is 19.4 Å². The fourth-order valence-corrected chi connectivity index (χ4v) is 5.60. The van der Waals surface area contributed by atoms with Gasteiger partial charge in [-0.1, -0.05) is 0 Å². The maximum atomic E-state index is 14.2. The number of nitrogens with zero attached hydrogens (tertiary/aromatic N) is 5. The van der Waals surface area contributed by atoms with Gasteiger partial charge in [0.15, 0.2) is 5.82 Å². The van der Waals surface area contributed by atoms with Crippen LogP contribution >= 0.6 is 0 Å². The molecule has 6 rings (SSSR count). The molecule has 9 nitrogen and oxygen atoms in total. The van der Waals surface area contributed by atoms with Crippen LogP contribution in [0.15, 0.2) is 47.3 Å². The summed E-state index contributed by atoms with van der Waals surface area (Å²) in [6.45, 7) is 3.34. The number of benzene rings is 2. The largest absolute Gasteiger partial charge is 0.497 e. The Balaban J connectivity index is 1.55. The Hall–Kier alpha value is -3.79. The van der Waals surface area contributed by atoms with Crippen LogP contribution in [0.5, 0.6) is 5.75 Å². The molecule has 0 saturated carbocycles. The van der Waals surface area contributed by atoms with E-state index in [1.807, 2.05) is 24.3 Å². The van der Waals surface area contributed by atoms with Gasteiger partial charge in [0.2, 0.25) is 0 Å². The molecular weight excluding hydrogens is 475 g/mol. The molecule has 1 fully saturated rings. The molecular formula is C27H29FN6O3. The summed E-state index contributed by atoms with van der Waals surface area (Å²) in [6.07, 6.45) is 3.51. The summed E-state index contributed by atoms with van der Waals surface area (Å²) in [5, 5.41) is 13.6. The molecule has 2 aliphatic heterocycles. The maximum absolute atomic E-state index is 14.2. The smallest absolute Gasteiger partial charge is 0.254 e. The van der Waals surface area contributed by atoms with E-state index in [1.54, 1.807) is 23.9 Å². The minimum absolute atomic E-state index is 0.0159. The number of aryl methyl sites for hydroxylation is 1. The van der Waals surface area contributed by atoms with Crippen molar-refractivity contribution in [2.45, 2.75) is 57.3 Å². The first kappa shape index (κ1) is 23.6. The van der Waals surface area contributed by atoms with E-state index in [0.717, 1.165) is 48.9 Å². The number of aromatic nitrogens is 5. The van der Waals surface area contributed by atoms with Crippen molar-refractivity contribution in [3.8, 4) is 5.75 Å². The number of rotatable bonds is 6. The number of aromatic amines is 1. The van der Waals surface area contributed by atoms with Crippen molar-refractivity contribution >= 4 is 16.6 Å². The van der Waals surface area contributed by atoms with Crippen LogP contribution in [-0.4, -0.2) is 51.1 Å². The summed E-state index contributed by atoms with van der Waals surface area (Å²) in [5.74, 6) is 0.966. The van der Waals surface area contributed by atoms with Crippen LogP contribution in [0, 0.1) is 5.82 Å². The molecule has 1 N–H and O–H groups in total. The zero-order chi connectivity index (χ0) is 25.5. The van der Waals surface area contributed by atoms with Crippen molar-refractivity contribution in [2.75, 3.05) is 18.6 Å². The third kappa shape index (κ3) is 4.35. The predicted molar refractivity (Wildman–Crippen MR) is 136 cm³/mol. The monoisotopic (exact) mass is 504 g/mol. The van der Waals surface area contributed by atoms with Gasteiger partial charge in [0.1, 0.15) is 17.6 Å². The van der Waals surface area contributed by atoms with Crippen LogP contribution in [0.25, 0.3) is 10.9 Å². The van der Waals surface area contributed by atoms with Crippen molar-refractivity contribution in [2.24, 2.45) is 0 Å². The van der Waals surface area contributed by atoms with Gasteiger partial charge in [0.05, 0.1) is 19.8 Å². The second-order valence-electron chi connectivity index (χ2n) is 9.83. The maximum Gasteiger partial charge on any atom is 0.254 e. The van der Waals surface area contributed by atoms with E-state index < -0.39 is 6.04 Å². The molecule has 3 atom stereocenters. The van der Waals surface area contributed by atoms with Gasteiger partial charge in [-0.05, 0) is 91.1 Å². The highest BCUT2D eigenvalue weighted by Crippen LogP contribution is 2.40. The van der Waals surface area contributed by atoms with Crippen molar-refractivity contribution in [3.63, 3.8) is 0 Å². The molecule has 4 heterocycles. The zero-order valence-electron chi connectivity index (χ0n) is 20.9. The lowest BCUT2D eigenvalue weighted by Crippen LogP contribution is -2.44. The van der Waals surface area contributed by atoms with Gasteiger partial charge in [-0.3, -0.25) is 4.79 Å². The highest BCUT2D eigenvalue weighted by Gasteiger charge is 2.37. The first-order chi connectivity index (χ1) is 18.0. The number of anilines is 1. The van der Waals surface area contributed by atoms with E-state index >= 15 is 0 Å². The van der Waals surface area contributed by atoms with Crippen LogP contribution in [0.1, 0.15) is 49.2 Å². The zero-order valence-corrected chi connectivity index (χ0v) is 20.9. The summed E-state index contributed by atoms with van der Waals surface area (Å²) in [5.41, 5.74) is 2.77. The van der Waals surface area contributed by atoms with Gasteiger partial charge in [0, 0.05) is 34.8 Å². The summed E-state index contributed by atoms with van der Waals surface area (Å²) < 4.78 is 27.2. The highest BCUT2D eigenvalue weighted by atomic mass is 19.1. The lowest BCUT2D eigenvalue weighted by Gasteiger charge is -2.42. The topological polar surface area (TPSA) is 98.2 Å². The number of tetrazole rings is 1. The fraction of sp³-hybridized carbons (Fsp3) is 0.407. The molecule has 4 aromatic rings. The minimum atomic E-state index is -0.602. The molecule has 0 bridgehead atoms. The molecule has 0 amide bonds. The fourth-order valence-electron chi connectivity index (χ4n) is 5.60. The molecule has 0 radical (unpaired) electrons. The molecule has 37 heavy (non-hydrogen) atoms. The minimum Gasteiger partial charge on any atom is -0.497 e. The van der Waals surface area contributed by atoms with E-state index in [4.69, 9.17) is 9.47 Å². The molecule has 2 aromatic heterocycles. The number of hydrogen-bond acceptors (Lipinski definition) is 7. The standard InChI is InChI=1S/C27H29FN6O3/c1-16-5-6-17-12-19(28)7-10-24(17)34(16)25(26-30-31-32-33(26)15-21-4-3-11-37-21)22-14-18-13-20(36-2)8-9-23(18)29-27(22)35/h7-10,12-14,16,21,25H,3-6,11,15H2,1-2H3,(H,29,35)/t16-,21-,25-/m0/s1. The van der Waals surface area contributed by atoms with E-state index in [0.29, 0.717) is 29.2 Å². The molecule has 2 aromatic carbocycles. The number of ether oxygens (including phenoxy) is 2. The molecule has 1 saturated heterocycles. The van der Waals surface area contributed by atoms with E-state index in [2.05, 4.69) is 32.3 Å². The number of methoxy groups -OCH3 is 1. The summed E-state index contributed by atoms with van der Waals surface area (Å²) in [7, 11) is 1.61. The Bertz CT molecular complexity index is 1500. The normalized spacial score (nSPS) is 20.2. The van der Waals surface area contributed by atoms with Crippen LogP contribution in [-0.2, 0) is 17.7 Å². The highest BCUT2D eigenvalue weighted by molar-refractivity contribution is 5.81. The third-order valence-corrected chi connectivity index (χ3v) is 7.48. The van der Waals surface area contributed by atoms with Gasteiger partial charge in [0.25, 0.3) is 5.56 Å². The lowest BCUT2D eigenvalue weighted by atomic mass is 9.92. The number of pyridine rings is 1. The third-order valence-electron chi connectivity index (χ3n) is 7.48. The molecule has 2 aliphatic rings. The Morgan fingerprint density at radius 1 is 1.22 bits per heavy atom. The summed E-state index contributed by atoms with van der Waals surface area (Å²) in [4.78, 5) is 18.8. The average molecular weight is 505 g/mol. The van der Waals surface area contributed by atoms with Crippen LogP contribution in [0.3, 0.4) is 0 Å². The van der Waals surface area contributed by atoms with Gasteiger partial charge >= 0.3 is 0 Å². The van der Waals surface area contributed by atoms with E-state index in [1.165, 1.54) is 6.07 Å². The van der Waals surface area contributed by atoms with Crippen LogP contribution in [0.2, 0.25) is 0 Å². The number of nitrogens with one attached hydrogen (secondary N) is 1. The van der Waals surface area contributed by atoms with Gasteiger partial charge in [-0.25, -0.2) is 9.07 Å². The molecule has 0 aliphatic carbocycles. The number of halogens is 1. The lowest BCUT2D eigenvalue weighted by molar-refractivity contribution is 0.0924. The van der Waals surface area contributed by atoms with Crippen molar-refractivity contribution in [1.82, 2.24) is 25.2 Å². The first-order valence-corrected chi connectivity index (χ1v) is 12.7. The SMILES string of the molecule is COc1ccc2[nH]c(=O)c([C@@H](c3nnnn3C[C@@H]3CCCO3)N3c4ccc(F)cc4CC[C@@H]3C)cc2c1. The quantitative estimate of drug-likeness (QED) is 0.427. The van der Waals surface area contributed by atoms with E-state index in [9.17, 15) is 9.18 Å². The Morgan fingerprint density at radius 2 is 2.11 bits per heavy atom. The number of hydrogen-bond donors (Lipinski definition) is 1. The predicted octanol–water partition coefficient (Wildman–Crippen LogP) is 3.77. The van der Waals surface area contributed by atoms with Crippen molar-refractivity contribution in [1.29, 1.82) is 0 Å². The molecule has 192 valence electrons. The van der Waals surface area contributed by atoms with Crippen molar-refractivity contribution < 1.29 is 13.9 Å². The van der Waals surface area contributed by atoms with Gasteiger partial charge in [-0.2, -0.15) is 0 Å². The average Bonchev–Trinajstić information content (AvgIpc) is 3.58. The second kappa shape index (κ2) is 9.59. The first-order valence-electron chi connectivity index (χ1n) is 12.7. The molecule has 10 heteroatoms. The molecule has 0 unspecified atom stereocenters. The summed E-state index contributed by atoms with van der Waals surface area (Å²) >= 11 is 0. The van der Waals surface area contributed by atoms with Crippen molar-refractivity contribution in [3.05, 3.63) is 75.6 Å². The number of fused-ring (bicyclic) bond motifs is 2. The Morgan fingerprint density at radius 3 is 2.92 bits per heavy atom.